The summed E-state index contributed by atoms with van der Waals surface area (Å²) in [5.41, 5.74) is 0. The number of carboxylic acid groups (broad SMARTS) is 1. The lowest BCUT2D eigenvalue weighted by molar-refractivity contribution is -0.142. The van der Waals surface area contributed by atoms with Crippen LogP contribution in [-0.2, 0) is 14.3 Å². The van der Waals surface area contributed by atoms with E-state index in [1.807, 2.05) is 6.26 Å². The molecular weight excluding hydrogens is 218 g/mol. The molecule has 0 aromatic carbocycles. The minimum Gasteiger partial charge on any atom is -0.481 e. The van der Waals surface area contributed by atoms with Crippen molar-refractivity contribution in [3.8, 4) is 0 Å². The predicted molar refractivity (Wildman–Crippen MR) is 56.9 cm³/mol. The topological polar surface area (TPSA) is 75.6 Å². The van der Waals surface area contributed by atoms with Gasteiger partial charge in [0.15, 0.2) is 0 Å². The number of aliphatic carboxylic acids is 1. The van der Waals surface area contributed by atoms with Gasteiger partial charge in [0.25, 0.3) is 0 Å². The Kier molecular flexibility index (Phi) is 4.90. The van der Waals surface area contributed by atoms with Crippen molar-refractivity contribution in [1.29, 1.82) is 0 Å². The van der Waals surface area contributed by atoms with Crippen LogP contribution in [0.3, 0.4) is 0 Å². The van der Waals surface area contributed by atoms with Gasteiger partial charge in [0.05, 0.1) is 19.3 Å². The number of hydrogen-bond acceptors (Lipinski definition) is 4. The van der Waals surface area contributed by atoms with E-state index >= 15 is 0 Å². The lowest BCUT2D eigenvalue weighted by Gasteiger charge is -2.15. The molecule has 6 heteroatoms. The number of carbonyl (C=O) groups is 2. The largest absolute Gasteiger partial charge is 0.481 e. The van der Waals surface area contributed by atoms with Gasteiger partial charge in [-0.2, -0.15) is 11.8 Å². The van der Waals surface area contributed by atoms with Gasteiger partial charge in [0.2, 0.25) is 5.91 Å². The Balaban J connectivity index is 2.36. The van der Waals surface area contributed by atoms with Gasteiger partial charge in [-0.1, -0.05) is 0 Å². The number of ether oxygens (including phenoxy) is 1. The number of carbonyl (C=O) groups excluding carboxylic acids is 1. The van der Waals surface area contributed by atoms with Gasteiger partial charge >= 0.3 is 5.97 Å². The van der Waals surface area contributed by atoms with E-state index in [9.17, 15) is 9.59 Å². The van der Waals surface area contributed by atoms with E-state index in [0.717, 1.165) is 5.75 Å². The fourth-order valence-corrected chi connectivity index (χ4v) is 1.80. The van der Waals surface area contributed by atoms with E-state index in [2.05, 4.69) is 5.32 Å². The van der Waals surface area contributed by atoms with Gasteiger partial charge in [-0.25, -0.2) is 0 Å². The Morgan fingerprint density at radius 2 is 2.27 bits per heavy atom. The Labute approximate surface area is 92.6 Å². The van der Waals surface area contributed by atoms with E-state index in [1.54, 1.807) is 11.8 Å². The molecule has 15 heavy (non-hydrogen) atoms. The minimum absolute atomic E-state index is 0.105. The maximum absolute atomic E-state index is 11.4. The lowest BCUT2D eigenvalue weighted by Crippen LogP contribution is -2.42. The fourth-order valence-electron chi connectivity index (χ4n) is 1.41. The van der Waals surface area contributed by atoms with Crippen LogP contribution in [-0.4, -0.2) is 48.2 Å². The number of carboxylic acids is 1. The van der Waals surface area contributed by atoms with Crippen molar-refractivity contribution in [2.45, 2.75) is 12.5 Å². The number of amides is 1. The molecule has 1 amide bonds. The highest BCUT2D eigenvalue weighted by Gasteiger charge is 2.34. The zero-order valence-electron chi connectivity index (χ0n) is 8.56. The second-order valence-electron chi connectivity index (χ2n) is 3.40. The van der Waals surface area contributed by atoms with Crippen molar-refractivity contribution in [3.63, 3.8) is 0 Å². The van der Waals surface area contributed by atoms with Crippen LogP contribution in [0.25, 0.3) is 0 Å². The summed E-state index contributed by atoms with van der Waals surface area (Å²) in [7, 11) is 0. The third kappa shape index (κ3) is 3.71. The zero-order chi connectivity index (χ0) is 11.3. The van der Waals surface area contributed by atoms with E-state index in [0.29, 0.717) is 13.0 Å². The van der Waals surface area contributed by atoms with Crippen LogP contribution in [0, 0.1) is 5.92 Å². The second-order valence-corrected chi connectivity index (χ2v) is 4.38. The smallest absolute Gasteiger partial charge is 0.311 e. The second kappa shape index (κ2) is 5.97. The van der Waals surface area contributed by atoms with Crippen molar-refractivity contribution in [1.82, 2.24) is 5.32 Å². The normalized spacial score (nSPS) is 25.1. The molecule has 0 radical (unpaired) electrons. The van der Waals surface area contributed by atoms with Crippen LogP contribution in [0.15, 0.2) is 0 Å². The minimum atomic E-state index is -0.914. The SMILES string of the molecule is CSCCC(=O)NC1COCC1C(=O)O. The molecular formula is C9H15NO4S. The first-order chi connectivity index (χ1) is 7.15. The standard InChI is InChI=1S/C9H15NO4S/c1-15-3-2-8(11)10-7-5-14-4-6(7)9(12)13/h6-7H,2-5H2,1H3,(H,10,11)(H,12,13). The summed E-state index contributed by atoms with van der Waals surface area (Å²) in [4.78, 5) is 22.1. The quantitative estimate of drug-likeness (QED) is 0.696. The van der Waals surface area contributed by atoms with Gasteiger partial charge in [0.1, 0.15) is 5.92 Å². The molecule has 2 N–H and O–H groups in total. The maximum atomic E-state index is 11.4. The molecule has 1 aliphatic rings. The molecule has 0 aromatic heterocycles. The summed E-state index contributed by atoms with van der Waals surface area (Å²) in [5.74, 6) is -0.881. The Morgan fingerprint density at radius 1 is 1.53 bits per heavy atom. The van der Waals surface area contributed by atoms with Crippen LogP contribution in [0.2, 0.25) is 0 Å². The molecule has 1 fully saturated rings. The van der Waals surface area contributed by atoms with E-state index in [-0.39, 0.29) is 18.6 Å². The summed E-state index contributed by atoms with van der Waals surface area (Å²) < 4.78 is 5.04. The Hall–Kier alpha value is -0.750. The third-order valence-electron chi connectivity index (χ3n) is 2.28. The maximum Gasteiger partial charge on any atom is 0.311 e. The monoisotopic (exact) mass is 233 g/mol. The van der Waals surface area contributed by atoms with Crippen molar-refractivity contribution >= 4 is 23.6 Å². The number of nitrogens with one attached hydrogen (secondary N) is 1. The van der Waals surface area contributed by atoms with Crippen molar-refractivity contribution in [3.05, 3.63) is 0 Å². The van der Waals surface area contributed by atoms with Crippen LogP contribution in [0.1, 0.15) is 6.42 Å². The molecule has 1 aliphatic heterocycles. The highest BCUT2D eigenvalue weighted by atomic mass is 32.2. The molecule has 2 unspecified atom stereocenters. The van der Waals surface area contributed by atoms with Crippen LogP contribution in [0.5, 0.6) is 0 Å². The van der Waals surface area contributed by atoms with Crippen LogP contribution >= 0.6 is 11.8 Å². The Bertz CT molecular complexity index is 246. The molecule has 5 nitrogen and oxygen atoms in total. The molecule has 1 heterocycles. The first-order valence-corrected chi connectivity index (χ1v) is 6.13. The zero-order valence-corrected chi connectivity index (χ0v) is 9.38. The summed E-state index contributed by atoms with van der Waals surface area (Å²) in [6, 6.07) is -0.378. The molecule has 2 atom stereocenters. The molecule has 0 aromatic rings. The van der Waals surface area contributed by atoms with Crippen LogP contribution in [0.4, 0.5) is 0 Å². The van der Waals surface area contributed by atoms with Gasteiger partial charge < -0.3 is 15.2 Å². The predicted octanol–water partition coefficient (Wildman–Crippen LogP) is -0.0447. The van der Waals surface area contributed by atoms with Crippen molar-refractivity contribution in [2.24, 2.45) is 5.92 Å². The molecule has 0 bridgehead atoms. The summed E-state index contributed by atoms with van der Waals surface area (Å²) in [6.07, 6.45) is 2.34. The average molecular weight is 233 g/mol. The van der Waals surface area contributed by atoms with Gasteiger partial charge in [-0.15, -0.1) is 0 Å². The summed E-state index contributed by atoms with van der Waals surface area (Å²) >= 11 is 1.59. The molecule has 0 saturated carbocycles. The van der Waals surface area contributed by atoms with E-state index in [4.69, 9.17) is 9.84 Å². The lowest BCUT2D eigenvalue weighted by atomic mass is 10.0. The summed E-state index contributed by atoms with van der Waals surface area (Å²) in [5, 5.41) is 11.5. The third-order valence-corrected chi connectivity index (χ3v) is 2.89. The van der Waals surface area contributed by atoms with Crippen molar-refractivity contribution < 1.29 is 19.4 Å². The molecule has 0 aliphatic carbocycles. The summed E-state index contributed by atoms with van der Waals surface area (Å²) in [6.45, 7) is 0.477. The molecule has 1 rings (SSSR count). The van der Waals surface area contributed by atoms with Crippen LogP contribution < -0.4 is 5.32 Å². The number of thioether (sulfide) groups is 1. The van der Waals surface area contributed by atoms with Gasteiger partial charge in [-0.05, 0) is 6.26 Å². The molecule has 1 saturated heterocycles. The van der Waals surface area contributed by atoms with Gasteiger partial charge in [-0.3, -0.25) is 9.59 Å². The van der Waals surface area contributed by atoms with E-state index in [1.165, 1.54) is 0 Å². The highest BCUT2D eigenvalue weighted by molar-refractivity contribution is 7.98. The molecule has 0 spiro atoms. The van der Waals surface area contributed by atoms with Gasteiger partial charge in [0, 0.05) is 12.2 Å². The molecule has 86 valence electrons. The fraction of sp³-hybridized carbons (Fsp3) is 0.778. The van der Waals surface area contributed by atoms with E-state index < -0.39 is 11.9 Å². The first kappa shape index (κ1) is 12.3. The highest BCUT2D eigenvalue weighted by Crippen LogP contribution is 2.14. The number of rotatable bonds is 5. The van der Waals surface area contributed by atoms with Crippen molar-refractivity contribution in [2.75, 3.05) is 25.2 Å². The average Bonchev–Trinajstić information content (AvgIpc) is 2.62. The Morgan fingerprint density at radius 3 is 2.87 bits per heavy atom. The number of hydrogen-bond donors (Lipinski definition) is 2. The first-order valence-electron chi connectivity index (χ1n) is 4.74.